The largest absolute Gasteiger partial charge is 0.466 e. The van der Waals surface area contributed by atoms with Gasteiger partial charge in [0.2, 0.25) is 0 Å². The molecule has 2 aliphatic rings. The average Bonchev–Trinajstić information content (AvgIpc) is 3.13. The van der Waals surface area contributed by atoms with E-state index in [2.05, 4.69) is 11.8 Å². The van der Waals surface area contributed by atoms with Gasteiger partial charge < -0.3 is 9.64 Å². The van der Waals surface area contributed by atoms with Crippen molar-refractivity contribution in [3.05, 3.63) is 31.9 Å². The molecule has 0 saturated carbocycles. The van der Waals surface area contributed by atoms with E-state index in [1.807, 2.05) is 6.07 Å². The van der Waals surface area contributed by atoms with Crippen LogP contribution in [-0.4, -0.2) is 51.9 Å². The quantitative estimate of drug-likeness (QED) is 0.204. The van der Waals surface area contributed by atoms with E-state index in [4.69, 9.17) is 17.0 Å². The van der Waals surface area contributed by atoms with Gasteiger partial charge in [-0.2, -0.15) is 5.26 Å². The summed E-state index contributed by atoms with van der Waals surface area (Å²) in [5, 5.41) is 9.68. The van der Waals surface area contributed by atoms with Gasteiger partial charge in [-0.1, -0.05) is 50.2 Å². The first kappa shape index (κ1) is 27.9. The van der Waals surface area contributed by atoms with Crippen LogP contribution in [0.2, 0.25) is 0 Å². The molecule has 0 bridgehead atoms. The molecule has 0 radical (unpaired) electrons. The van der Waals surface area contributed by atoms with Gasteiger partial charge >= 0.3 is 5.97 Å². The molecule has 2 fully saturated rings. The lowest BCUT2D eigenvalue weighted by molar-refractivity contribution is -0.148. The van der Waals surface area contributed by atoms with Crippen molar-refractivity contribution in [3.8, 4) is 6.07 Å². The number of amides is 1. The predicted molar refractivity (Wildman–Crippen MR) is 147 cm³/mol. The van der Waals surface area contributed by atoms with Crippen LogP contribution in [0.4, 0.5) is 5.82 Å². The van der Waals surface area contributed by atoms with Gasteiger partial charge in [-0.3, -0.25) is 23.9 Å². The number of rotatable bonds is 9. The lowest BCUT2D eigenvalue weighted by Crippen LogP contribution is -2.40. The van der Waals surface area contributed by atoms with E-state index in [1.165, 1.54) is 16.3 Å². The van der Waals surface area contributed by atoms with Gasteiger partial charge in [-0.05, 0) is 44.7 Å². The fourth-order valence-electron chi connectivity index (χ4n) is 4.70. The number of esters is 1. The van der Waals surface area contributed by atoms with Crippen molar-refractivity contribution in [3.63, 3.8) is 0 Å². The number of thiocarbonyl (C=S) groups is 1. The Hall–Kier alpha value is -2.64. The van der Waals surface area contributed by atoms with Gasteiger partial charge in [-0.25, -0.2) is 0 Å². The molecule has 8 nitrogen and oxygen atoms in total. The molecule has 10 heteroatoms. The zero-order chi connectivity index (χ0) is 26.4. The van der Waals surface area contributed by atoms with Crippen LogP contribution in [0.15, 0.2) is 9.70 Å². The Labute approximate surface area is 222 Å². The number of unbranched alkanes of at least 4 members (excludes halogenated alkanes) is 3. The number of piperidine rings is 1. The number of hydrogen-bond acceptors (Lipinski definition) is 8. The third-order valence-electron chi connectivity index (χ3n) is 6.77. The highest BCUT2D eigenvalue weighted by Gasteiger charge is 2.34. The van der Waals surface area contributed by atoms with E-state index in [1.54, 1.807) is 31.9 Å². The summed E-state index contributed by atoms with van der Waals surface area (Å²) in [5.74, 6) is 0.141. The Morgan fingerprint density at radius 1 is 1.22 bits per heavy atom. The first-order valence-corrected chi connectivity index (χ1v) is 13.8. The van der Waals surface area contributed by atoms with Crippen molar-refractivity contribution in [2.45, 2.75) is 59.3 Å². The van der Waals surface area contributed by atoms with E-state index < -0.39 is 0 Å². The number of carbonyl (C=O) groups excluding carboxylic acids is 2. The maximum Gasteiger partial charge on any atom is 0.309 e. The Morgan fingerprint density at radius 2 is 1.92 bits per heavy atom. The molecule has 0 atom stereocenters. The van der Waals surface area contributed by atoms with Gasteiger partial charge in [0.05, 0.1) is 17.4 Å². The second-order valence-electron chi connectivity index (χ2n) is 9.12. The van der Waals surface area contributed by atoms with Crippen molar-refractivity contribution >= 4 is 52.1 Å². The summed E-state index contributed by atoms with van der Waals surface area (Å²) >= 11 is 6.76. The summed E-state index contributed by atoms with van der Waals surface area (Å²) in [7, 11) is 1.64. The van der Waals surface area contributed by atoms with E-state index in [0.29, 0.717) is 65.3 Å². The molecule has 1 aromatic heterocycles. The zero-order valence-electron chi connectivity index (χ0n) is 21.5. The topological polar surface area (TPSA) is 95.6 Å². The Kier molecular flexibility index (Phi) is 9.74. The molecule has 2 saturated heterocycles. The minimum atomic E-state index is -0.377. The molecule has 3 heterocycles. The van der Waals surface area contributed by atoms with Crippen molar-refractivity contribution in [2.75, 3.05) is 31.1 Å². The van der Waals surface area contributed by atoms with Gasteiger partial charge in [0.15, 0.2) is 0 Å². The Morgan fingerprint density at radius 3 is 2.53 bits per heavy atom. The summed E-state index contributed by atoms with van der Waals surface area (Å²) in [6.45, 7) is 7.73. The fraction of sp³-hybridized carbons (Fsp3) is 0.577. The van der Waals surface area contributed by atoms with E-state index in [-0.39, 0.29) is 28.9 Å². The van der Waals surface area contributed by atoms with Crippen LogP contribution in [0.25, 0.3) is 6.08 Å². The average molecular weight is 531 g/mol. The van der Waals surface area contributed by atoms with Crippen LogP contribution < -0.4 is 10.5 Å². The van der Waals surface area contributed by atoms with Gasteiger partial charge in [0.25, 0.3) is 11.5 Å². The summed E-state index contributed by atoms with van der Waals surface area (Å²) in [6, 6.07) is 2.03. The Balaban J connectivity index is 1.96. The summed E-state index contributed by atoms with van der Waals surface area (Å²) in [6.07, 6.45) is 7.15. The number of thioether (sulfide) groups is 1. The summed E-state index contributed by atoms with van der Waals surface area (Å²) in [4.78, 5) is 42.6. The van der Waals surface area contributed by atoms with Crippen molar-refractivity contribution in [1.29, 1.82) is 5.26 Å². The van der Waals surface area contributed by atoms with Gasteiger partial charge in [0, 0.05) is 32.2 Å². The van der Waals surface area contributed by atoms with Gasteiger partial charge in [0.1, 0.15) is 21.8 Å². The van der Waals surface area contributed by atoms with Crippen LogP contribution in [-0.2, 0) is 21.4 Å². The maximum atomic E-state index is 13.2. The number of pyridine rings is 1. The van der Waals surface area contributed by atoms with E-state index >= 15 is 0 Å². The maximum absolute atomic E-state index is 13.2. The standard InChI is InChI=1S/C26H34N4O4S2/c1-5-7-8-9-12-30-24(32)21(36-26(30)35)15-19-17(3)20(16-27)23(31)28(4)22(19)29-13-10-18(11-14-29)25(33)34-6-2/h15,18H,5-14H2,1-4H3. The lowest BCUT2D eigenvalue weighted by atomic mass is 9.95. The molecular formula is C26H34N4O4S2. The van der Waals surface area contributed by atoms with Crippen LogP contribution in [0.1, 0.15) is 69.1 Å². The lowest BCUT2D eigenvalue weighted by Gasteiger charge is -2.35. The first-order chi connectivity index (χ1) is 17.2. The number of anilines is 1. The number of aromatic nitrogens is 1. The smallest absolute Gasteiger partial charge is 0.309 e. The number of nitrogens with zero attached hydrogens (tertiary/aromatic N) is 4. The van der Waals surface area contributed by atoms with E-state index in [0.717, 1.165) is 25.7 Å². The molecule has 0 aromatic carbocycles. The van der Waals surface area contributed by atoms with Crippen LogP contribution >= 0.6 is 24.0 Å². The van der Waals surface area contributed by atoms with Crippen LogP contribution in [0, 0.1) is 24.2 Å². The monoisotopic (exact) mass is 530 g/mol. The molecule has 0 spiro atoms. The minimum absolute atomic E-state index is 0.0592. The number of ether oxygens (including phenoxy) is 1. The van der Waals surface area contributed by atoms with Crippen molar-refractivity contribution in [2.24, 2.45) is 13.0 Å². The normalized spacial score (nSPS) is 17.7. The van der Waals surface area contributed by atoms with Crippen LogP contribution in [0.5, 0.6) is 0 Å². The number of hydrogen-bond donors (Lipinski definition) is 0. The molecule has 3 rings (SSSR count). The third kappa shape index (κ3) is 5.84. The zero-order valence-corrected chi connectivity index (χ0v) is 23.1. The molecule has 194 valence electrons. The molecule has 0 N–H and O–H groups in total. The summed E-state index contributed by atoms with van der Waals surface area (Å²) < 4.78 is 7.19. The van der Waals surface area contributed by atoms with Crippen molar-refractivity contribution in [1.82, 2.24) is 9.47 Å². The first-order valence-electron chi connectivity index (χ1n) is 12.6. The second-order valence-corrected chi connectivity index (χ2v) is 10.8. The highest BCUT2D eigenvalue weighted by Crippen LogP contribution is 2.36. The molecule has 2 aliphatic heterocycles. The molecule has 0 unspecified atom stereocenters. The molecule has 1 aromatic rings. The molecular weight excluding hydrogens is 496 g/mol. The highest BCUT2D eigenvalue weighted by molar-refractivity contribution is 8.26. The fourth-order valence-corrected chi connectivity index (χ4v) is 5.99. The second kappa shape index (κ2) is 12.5. The Bertz CT molecular complexity index is 1160. The van der Waals surface area contributed by atoms with Crippen LogP contribution in [0.3, 0.4) is 0 Å². The molecule has 0 aliphatic carbocycles. The van der Waals surface area contributed by atoms with Crippen molar-refractivity contribution < 1.29 is 14.3 Å². The number of carbonyl (C=O) groups is 2. The highest BCUT2D eigenvalue weighted by atomic mass is 32.2. The minimum Gasteiger partial charge on any atom is -0.466 e. The SMILES string of the molecule is CCCCCCN1C(=O)C(=Cc2c(C)c(C#N)c(=O)n(C)c2N2CCC(C(=O)OCC)CC2)SC1=S. The summed E-state index contributed by atoms with van der Waals surface area (Å²) in [5.41, 5.74) is 0.883. The van der Waals surface area contributed by atoms with Gasteiger partial charge in [-0.15, -0.1) is 0 Å². The molecule has 1 amide bonds. The number of nitriles is 1. The third-order valence-corrected chi connectivity index (χ3v) is 8.14. The van der Waals surface area contributed by atoms with E-state index in [9.17, 15) is 19.6 Å². The molecule has 36 heavy (non-hydrogen) atoms. The predicted octanol–water partition coefficient (Wildman–Crippen LogP) is 4.13.